The van der Waals surface area contributed by atoms with Gasteiger partial charge in [-0.15, -0.1) is 0 Å². The number of hydrogen-bond donors (Lipinski definition) is 5. The lowest BCUT2D eigenvalue weighted by atomic mass is 9.90. The largest absolute Gasteiger partial charge is 0.479 e. The van der Waals surface area contributed by atoms with Crippen molar-refractivity contribution in [1.82, 2.24) is 10.8 Å². The number of rotatable bonds is 8. The lowest BCUT2D eigenvalue weighted by Gasteiger charge is -2.24. The van der Waals surface area contributed by atoms with Crippen LogP contribution < -0.4 is 10.8 Å². The summed E-state index contributed by atoms with van der Waals surface area (Å²) in [6, 6.07) is 6.77. The van der Waals surface area contributed by atoms with Gasteiger partial charge in [-0.05, 0) is 17.9 Å². The Morgan fingerprint density at radius 2 is 1.67 bits per heavy atom. The summed E-state index contributed by atoms with van der Waals surface area (Å²) in [5.74, 6) is -4.40. The molecule has 0 saturated carbocycles. The fourth-order valence-corrected chi connectivity index (χ4v) is 2.32. The highest BCUT2D eigenvalue weighted by Crippen LogP contribution is 2.19. The van der Waals surface area contributed by atoms with Gasteiger partial charge in [0.1, 0.15) is 6.10 Å². The number of amides is 2. The van der Waals surface area contributed by atoms with Crippen LogP contribution in [0.25, 0.3) is 0 Å². The van der Waals surface area contributed by atoms with Crippen LogP contribution in [0.4, 0.5) is 0 Å². The second-order valence-corrected chi connectivity index (χ2v) is 5.85. The van der Waals surface area contributed by atoms with Crippen LogP contribution in [0.5, 0.6) is 0 Å². The maximum absolute atomic E-state index is 12.4. The number of aliphatic hydroxyl groups is 1. The highest BCUT2D eigenvalue weighted by atomic mass is 16.5. The van der Waals surface area contributed by atoms with Gasteiger partial charge in [0.2, 0.25) is 5.91 Å². The van der Waals surface area contributed by atoms with Crippen LogP contribution in [0.3, 0.4) is 0 Å². The Hall–Kier alpha value is -2.45. The second-order valence-electron chi connectivity index (χ2n) is 5.85. The first-order valence-electron chi connectivity index (χ1n) is 7.48. The summed E-state index contributed by atoms with van der Waals surface area (Å²) in [7, 11) is 0. The molecule has 0 radical (unpaired) electrons. The van der Waals surface area contributed by atoms with Crippen molar-refractivity contribution in [3.8, 4) is 0 Å². The molecule has 1 aromatic rings. The normalized spacial score (nSPS) is 14.5. The van der Waals surface area contributed by atoms with Crippen molar-refractivity contribution < 1.29 is 29.8 Å². The van der Waals surface area contributed by atoms with Crippen molar-refractivity contribution in [2.45, 2.75) is 32.4 Å². The average molecular weight is 338 g/mol. The molecule has 0 aliphatic rings. The average Bonchev–Trinajstić information content (AvgIpc) is 2.56. The van der Waals surface area contributed by atoms with Gasteiger partial charge in [-0.25, -0.2) is 10.3 Å². The van der Waals surface area contributed by atoms with Crippen LogP contribution in [-0.2, 0) is 14.4 Å². The molecule has 3 atom stereocenters. The van der Waals surface area contributed by atoms with E-state index in [2.05, 4.69) is 5.32 Å². The third-order valence-corrected chi connectivity index (χ3v) is 3.49. The summed E-state index contributed by atoms with van der Waals surface area (Å²) in [5.41, 5.74) is 1.66. The molecule has 0 unspecified atom stereocenters. The van der Waals surface area contributed by atoms with Crippen LogP contribution in [0, 0.1) is 11.8 Å². The van der Waals surface area contributed by atoms with E-state index in [-0.39, 0.29) is 12.3 Å². The molecule has 0 aromatic heterocycles. The maximum atomic E-state index is 12.4. The minimum atomic E-state index is -1.79. The monoisotopic (exact) mass is 338 g/mol. The molecule has 0 aliphatic heterocycles. The molecule has 132 valence electrons. The number of hydroxylamine groups is 1. The summed E-state index contributed by atoms with van der Waals surface area (Å²) in [5, 5.41) is 30.2. The molecule has 0 saturated heterocycles. The van der Waals surface area contributed by atoms with Crippen molar-refractivity contribution in [3.05, 3.63) is 35.9 Å². The molecule has 1 aromatic carbocycles. The number of carbonyl (C=O) groups excluding carboxylic acids is 2. The SMILES string of the molecule is CC(C)C[C@H](C(=O)N[C@H](C(=O)O)c1ccccc1)[C@H](O)C(=O)NO. The first kappa shape index (κ1) is 19.6. The molecule has 0 bridgehead atoms. The van der Waals surface area contributed by atoms with Crippen LogP contribution in [0.15, 0.2) is 30.3 Å². The minimum absolute atomic E-state index is 0.0399. The third-order valence-electron chi connectivity index (χ3n) is 3.49. The summed E-state index contributed by atoms with van der Waals surface area (Å²) < 4.78 is 0. The smallest absolute Gasteiger partial charge is 0.330 e. The number of carboxylic acids is 1. The molecule has 8 nitrogen and oxygen atoms in total. The fraction of sp³-hybridized carbons (Fsp3) is 0.438. The van der Waals surface area contributed by atoms with E-state index in [4.69, 9.17) is 5.21 Å². The highest BCUT2D eigenvalue weighted by molar-refractivity contribution is 5.91. The van der Waals surface area contributed by atoms with Gasteiger partial charge >= 0.3 is 5.97 Å². The van der Waals surface area contributed by atoms with Crippen LogP contribution in [0.2, 0.25) is 0 Å². The Morgan fingerprint density at radius 1 is 1.08 bits per heavy atom. The number of nitrogens with one attached hydrogen (secondary N) is 2. The van der Waals surface area contributed by atoms with Crippen molar-refractivity contribution in [2.24, 2.45) is 11.8 Å². The van der Waals surface area contributed by atoms with Crippen molar-refractivity contribution in [1.29, 1.82) is 0 Å². The number of aliphatic hydroxyl groups excluding tert-OH is 1. The zero-order valence-corrected chi connectivity index (χ0v) is 13.5. The van der Waals surface area contributed by atoms with Gasteiger partial charge in [0.05, 0.1) is 5.92 Å². The molecular formula is C16H22N2O6. The van der Waals surface area contributed by atoms with Gasteiger partial charge in [-0.3, -0.25) is 14.8 Å². The Balaban J connectivity index is 3.00. The minimum Gasteiger partial charge on any atom is -0.479 e. The van der Waals surface area contributed by atoms with E-state index in [9.17, 15) is 24.6 Å². The molecule has 8 heteroatoms. The number of hydrogen-bond acceptors (Lipinski definition) is 5. The summed E-state index contributed by atoms with van der Waals surface area (Å²) in [6.07, 6.45) is -1.65. The van der Waals surface area contributed by atoms with Gasteiger partial charge in [0.15, 0.2) is 6.04 Å². The Labute approximate surface area is 139 Å². The zero-order chi connectivity index (χ0) is 18.3. The highest BCUT2D eigenvalue weighted by Gasteiger charge is 2.35. The zero-order valence-electron chi connectivity index (χ0n) is 13.5. The molecular weight excluding hydrogens is 316 g/mol. The second kappa shape index (κ2) is 8.99. The van der Waals surface area contributed by atoms with Crippen LogP contribution in [-0.4, -0.2) is 39.3 Å². The first-order chi connectivity index (χ1) is 11.3. The molecule has 0 heterocycles. The van der Waals surface area contributed by atoms with E-state index in [1.807, 2.05) is 0 Å². The summed E-state index contributed by atoms with van der Waals surface area (Å²) in [6.45, 7) is 3.57. The molecule has 0 aliphatic carbocycles. The fourth-order valence-electron chi connectivity index (χ4n) is 2.32. The van der Waals surface area contributed by atoms with Gasteiger partial charge in [-0.1, -0.05) is 44.2 Å². The quantitative estimate of drug-likeness (QED) is 0.345. The molecule has 0 fully saturated rings. The van der Waals surface area contributed by atoms with Gasteiger partial charge in [0, 0.05) is 0 Å². The molecule has 2 amide bonds. The van der Waals surface area contributed by atoms with Crippen molar-refractivity contribution >= 4 is 17.8 Å². The van der Waals surface area contributed by atoms with Crippen LogP contribution in [0.1, 0.15) is 31.9 Å². The number of carboxylic acid groups (broad SMARTS) is 1. The topological polar surface area (TPSA) is 136 Å². The number of benzene rings is 1. The summed E-state index contributed by atoms with van der Waals surface area (Å²) >= 11 is 0. The lowest BCUT2D eigenvalue weighted by molar-refractivity contribution is -0.148. The Morgan fingerprint density at radius 3 is 2.12 bits per heavy atom. The maximum Gasteiger partial charge on any atom is 0.330 e. The Kier molecular flexibility index (Phi) is 7.34. The van der Waals surface area contributed by atoms with Crippen molar-refractivity contribution in [2.75, 3.05) is 0 Å². The molecule has 0 spiro atoms. The standard InChI is InChI=1S/C16H22N2O6/c1-9(2)8-11(13(19)15(21)18-24)14(20)17-12(16(22)23)10-6-4-3-5-7-10/h3-7,9,11-13,19,24H,8H2,1-2H3,(H,17,20)(H,18,21)(H,22,23)/t11-,12-,13-/m0/s1. The van der Waals surface area contributed by atoms with E-state index < -0.39 is 35.8 Å². The third kappa shape index (κ3) is 5.32. The lowest BCUT2D eigenvalue weighted by Crippen LogP contribution is -2.47. The van der Waals surface area contributed by atoms with E-state index in [1.165, 1.54) is 5.48 Å². The predicted molar refractivity (Wildman–Crippen MR) is 83.8 cm³/mol. The van der Waals surface area contributed by atoms with Gasteiger partial charge in [0.25, 0.3) is 5.91 Å². The molecule has 1 rings (SSSR count). The van der Waals surface area contributed by atoms with Gasteiger partial charge in [-0.2, -0.15) is 0 Å². The van der Waals surface area contributed by atoms with Gasteiger partial charge < -0.3 is 15.5 Å². The number of carbonyl (C=O) groups is 3. The van der Waals surface area contributed by atoms with E-state index >= 15 is 0 Å². The Bertz CT molecular complexity index is 575. The molecule has 24 heavy (non-hydrogen) atoms. The van der Waals surface area contributed by atoms with E-state index in [0.717, 1.165) is 0 Å². The van der Waals surface area contributed by atoms with Crippen molar-refractivity contribution in [3.63, 3.8) is 0 Å². The molecule has 5 N–H and O–H groups in total. The first-order valence-corrected chi connectivity index (χ1v) is 7.48. The predicted octanol–water partition coefficient (Wildman–Crippen LogP) is 0.457. The van der Waals surface area contributed by atoms with E-state index in [1.54, 1.807) is 44.2 Å². The summed E-state index contributed by atoms with van der Waals surface area (Å²) in [4.78, 5) is 35.3. The van der Waals surface area contributed by atoms with Crippen LogP contribution >= 0.6 is 0 Å². The van der Waals surface area contributed by atoms with E-state index in [0.29, 0.717) is 5.56 Å². The number of aliphatic carboxylic acids is 1.